The topological polar surface area (TPSA) is 138 Å². The Morgan fingerprint density at radius 1 is 0.870 bits per heavy atom. The van der Waals surface area contributed by atoms with E-state index in [1.54, 1.807) is 0 Å². The molecule has 2 radical (unpaired) electrons. The highest BCUT2D eigenvalue weighted by atomic mass is 16.6. The predicted molar refractivity (Wildman–Crippen MR) is 89.0 cm³/mol. The van der Waals surface area contributed by atoms with Crippen LogP contribution in [-0.4, -0.2) is 17.7 Å². The van der Waals surface area contributed by atoms with Crippen molar-refractivity contribution >= 4 is 57.6 Å². The molecule has 8 nitrogen and oxygen atoms in total. The van der Waals surface area contributed by atoms with Crippen LogP contribution in [0.25, 0.3) is 21.5 Å². The highest BCUT2D eigenvalue weighted by molar-refractivity contribution is 6.47. The zero-order valence-electron chi connectivity index (χ0n) is 11.6. The van der Waals surface area contributed by atoms with Gasteiger partial charge in [-0.2, -0.15) is 0 Å². The molecule has 23 heavy (non-hydrogen) atoms. The summed E-state index contributed by atoms with van der Waals surface area (Å²) >= 11 is 0. The van der Waals surface area contributed by atoms with Crippen LogP contribution in [0.4, 0.5) is 22.7 Å². The van der Waals surface area contributed by atoms with Crippen molar-refractivity contribution in [3.05, 3.63) is 50.6 Å². The number of non-ortho nitro benzene ring substituents is 2. The van der Waals surface area contributed by atoms with Gasteiger partial charge < -0.3 is 11.5 Å². The number of hydrogen-bond donors (Lipinski definition) is 2. The van der Waals surface area contributed by atoms with Crippen molar-refractivity contribution in [2.75, 3.05) is 11.5 Å². The summed E-state index contributed by atoms with van der Waals surface area (Å²) in [4.78, 5) is 20.8. The third-order valence-corrected chi connectivity index (χ3v) is 3.72. The molecule has 3 rings (SSSR count). The van der Waals surface area contributed by atoms with Crippen molar-refractivity contribution in [2.24, 2.45) is 0 Å². The van der Waals surface area contributed by atoms with Gasteiger partial charge in [0.25, 0.3) is 11.4 Å². The minimum Gasteiger partial charge on any atom is -0.398 e. The summed E-state index contributed by atoms with van der Waals surface area (Å²) in [6.07, 6.45) is 0. The SMILES string of the molecule is [B]c1c2cc([N+](=O)[O-])ccc2c(N)c2c(N)cc([N+](=O)[O-])cc12. The van der Waals surface area contributed by atoms with Gasteiger partial charge >= 0.3 is 0 Å². The fourth-order valence-corrected chi connectivity index (χ4v) is 2.65. The van der Waals surface area contributed by atoms with Gasteiger partial charge in [0.05, 0.1) is 9.85 Å². The van der Waals surface area contributed by atoms with Crippen molar-refractivity contribution in [3.8, 4) is 0 Å². The first-order chi connectivity index (χ1) is 10.8. The van der Waals surface area contributed by atoms with Gasteiger partial charge in [0.2, 0.25) is 0 Å². The van der Waals surface area contributed by atoms with E-state index in [0.29, 0.717) is 21.5 Å². The van der Waals surface area contributed by atoms with Gasteiger partial charge in [-0.3, -0.25) is 20.2 Å². The molecule has 4 N–H and O–H groups in total. The minimum atomic E-state index is -0.594. The molecule has 0 atom stereocenters. The van der Waals surface area contributed by atoms with E-state index in [1.165, 1.54) is 30.3 Å². The van der Waals surface area contributed by atoms with Crippen molar-refractivity contribution in [2.45, 2.75) is 0 Å². The molecule has 0 saturated heterocycles. The zero-order chi connectivity index (χ0) is 16.9. The van der Waals surface area contributed by atoms with E-state index in [9.17, 15) is 20.2 Å². The Morgan fingerprint density at radius 3 is 2.09 bits per heavy atom. The lowest BCUT2D eigenvalue weighted by molar-refractivity contribution is -0.384. The molecule has 0 aliphatic carbocycles. The van der Waals surface area contributed by atoms with Gasteiger partial charge in [-0.15, -0.1) is 0 Å². The van der Waals surface area contributed by atoms with Gasteiger partial charge in [0.15, 0.2) is 0 Å². The molecule has 112 valence electrons. The summed E-state index contributed by atoms with van der Waals surface area (Å²) in [6, 6.07) is 6.55. The maximum atomic E-state index is 11.0. The second kappa shape index (κ2) is 4.84. The van der Waals surface area contributed by atoms with Gasteiger partial charge in [0.1, 0.15) is 7.85 Å². The number of nitrogens with two attached hydrogens (primary N) is 2. The Kier molecular flexibility index (Phi) is 3.07. The third kappa shape index (κ3) is 2.10. The maximum absolute atomic E-state index is 11.0. The number of nitrogen functional groups attached to an aromatic ring is 2. The number of nitro groups is 2. The molecule has 9 heteroatoms. The summed E-state index contributed by atoms with van der Waals surface area (Å²) in [5.74, 6) is 0. The van der Waals surface area contributed by atoms with E-state index in [2.05, 4.69) is 0 Å². The largest absolute Gasteiger partial charge is 0.398 e. The molecule has 0 bridgehead atoms. The van der Waals surface area contributed by atoms with E-state index >= 15 is 0 Å². The Morgan fingerprint density at radius 2 is 1.48 bits per heavy atom. The quantitative estimate of drug-likeness (QED) is 0.243. The third-order valence-electron chi connectivity index (χ3n) is 3.72. The summed E-state index contributed by atoms with van der Waals surface area (Å²) in [7, 11) is 6.07. The molecule has 0 heterocycles. The second-order valence-corrected chi connectivity index (χ2v) is 5.03. The first kappa shape index (κ1) is 14.6. The van der Waals surface area contributed by atoms with Gasteiger partial charge in [-0.25, -0.2) is 0 Å². The van der Waals surface area contributed by atoms with Crippen molar-refractivity contribution in [1.29, 1.82) is 0 Å². The second-order valence-electron chi connectivity index (χ2n) is 5.03. The van der Waals surface area contributed by atoms with Crippen LogP contribution >= 0.6 is 0 Å². The lowest BCUT2D eigenvalue weighted by Gasteiger charge is -2.13. The Labute approximate surface area is 130 Å². The van der Waals surface area contributed by atoms with Crippen LogP contribution in [0.2, 0.25) is 0 Å². The average molecular weight is 308 g/mol. The summed E-state index contributed by atoms with van der Waals surface area (Å²) < 4.78 is 0. The number of benzene rings is 3. The van der Waals surface area contributed by atoms with E-state index in [0.717, 1.165) is 0 Å². The average Bonchev–Trinajstić information content (AvgIpc) is 2.51. The van der Waals surface area contributed by atoms with E-state index in [4.69, 9.17) is 19.3 Å². The van der Waals surface area contributed by atoms with Gasteiger partial charge in [-0.1, -0.05) is 5.46 Å². The van der Waals surface area contributed by atoms with Crippen LogP contribution < -0.4 is 16.9 Å². The Hall–Kier alpha value is -3.36. The van der Waals surface area contributed by atoms with Gasteiger partial charge in [0, 0.05) is 46.4 Å². The number of nitrogens with zero attached hydrogens (tertiary/aromatic N) is 2. The van der Waals surface area contributed by atoms with Crippen LogP contribution in [0, 0.1) is 20.2 Å². The highest BCUT2D eigenvalue weighted by Gasteiger charge is 2.18. The first-order valence-electron chi connectivity index (χ1n) is 6.44. The molecule has 0 amide bonds. The monoisotopic (exact) mass is 308 g/mol. The fraction of sp³-hybridized carbons (Fsp3) is 0. The number of fused-ring (bicyclic) bond motifs is 2. The smallest absolute Gasteiger partial charge is 0.272 e. The molecular formula is C14H9BN4O4. The van der Waals surface area contributed by atoms with E-state index in [1.807, 2.05) is 0 Å². The van der Waals surface area contributed by atoms with Gasteiger partial charge in [-0.05, 0) is 16.8 Å². The van der Waals surface area contributed by atoms with E-state index in [-0.39, 0.29) is 28.2 Å². The standard InChI is InChI=1S/C14H9BN4O4/c15-13-9-3-6(18(20)21)1-2-8(9)14(17)12-10(13)4-7(19(22)23)5-11(12)16/h1-5H,16-17H2. The number of nitro benzene ring substituents is 2. The molecule has 0 aliphatic rings. The highest BCUT2D eigenvalue weighted by Crippen LogP contribution is 2.36. The zero-order valence-corrected chi connectivity index (χ0v) is 11.6. The number of anilines is 2. The Bertz CT molecular complexity index is 1020. The molecule has 0 fully saturated rings. The molecule has 0 unspecified atom stereocenters. The summed E-state index contributed by atoms with van der Waals surface area (Å²) in [6.45, 7) is 0. The predicted octanol–water partition coefficient (Wildman–Crippen LogP) is 1.77. The van der Waals surface area contributed by atoms with Crippen molar-refractivity contribution < 1.29 is 9.85 Å². The number of rotatable bonds is 2. The number of hydrogen-bond acceptors (Lipinski definition) is 6. The Balaban J connectivity index is 2.53. The van der Waals surface area contributed by atoms with E-state index < -0.39 is 9.85 Å². The minimum absolute atomic E-state index is 0.124. The molecule has 0 aromatic heterocycles. The lowest BCUT2D eigenvalue weighted by atomic mass is 9.83. The first-order valence-corrected chi connectivity index (χ1v) is 6.44. The van der Waals surface area contributed by atoms with Crippen LogP contribution in [0.15, 0.2) is 30.3 Å². The normalized spacial score (nSPS) is 11.0. The fourth-order valence-electron chi connectivity index (χ4n) is 2.65. The molecular weight excluding hydrogens is 299 g/mol. The van der Waals surface area contributed by atoms with Crippen LogP contribution in [0.5, 0.6) is 0 Å². The molecule has 0 spiro atoms. The summed E-state index contributed by atoms with van der Waals surface area (Å²) in [5, 5.41) is 23.5. The lowest BCUT2D eigenvalue weighted by Crippen LogP contribution is -2.10. The molecule has 0 saturated carbocycles. The van der Waals surface area contributed by atoms with Crippen molar-refractivity contribution in [3.63, 3.8) is 0 Å². The van der Waals surface area contributed by atoms with Crippen LogP contribution in [0.3, 0.4) is 0 Å². The summed E-state index contributed by atoms with van der Waals surface area (Å²) in [5.41, 5.74) is 12.2. The molecule has 0 aliphatic heterocycles. The van der Waals surface area contributed by atoms with Crippen LogP contribution in [0.1, 0.15) is 0 Å². The molecule has 3 aromatic rings. The van der Waals surface area contributed by atoms with Crippen molar-refractivity contribution in [1.82, 2.24) is 0 Å². The van der Waals surface area contributed by atoms with Crippen LogP contribution in [-0.2, 0) is 0 Å². The maximum Gasteiger partial charge on any atom is 0.272 e. The molecule has 3 aromatic carbocycles.